The molecule has 0 aliphatic heterocycles. The van der Waals surface area contributed by atoms with Crippen molar-refractivity contribution in [1.82, 2.24) is 0 Å². The Hall–Kier alpha value is -2.44. The largest absolute Gasteiger partial charge is 0.390 e. The Bertz CT molecular complexity index is 699. The van der Waals surface area contributed by atoms with Crippen molar-refractivity contribution in [2.45, 2.75) is 20.0 Å². The number of benzene rings is 2. The topological polar surface area (TPSA) is 21.6 Å². The van der Waals surface area contributed by atoms with Gasteiger partial charge in [0.05, 0.1) is 5.56 Å². The smallest absolute Gasteiger partial charge is 0.200 e. The zero-order valence-electron chi connectivity index (χ0n) is 12.0. The summed E-state index contributed by atoms with van der Waals surface area (Å²) in [5, 5.41) is 3.33. The Morgan fingerprint density at radius 2 is 1.39 bits per heavy atom. The van der Waals surface area contributed by atoms with Crippen LogP contribution in [0.1, 0.15) is 23.6 Å². The van der Waals surface area contributed by atoms with E-state index in [0.717, 1.165) is 12.0 Å². The predicted molar refractivity (Wildman–Crippen MR) is 73.4 cm³/mol. The monoisotopic (exact) mass is 328 g/mol. The van der Waals surface area contributed by atoms with Crippen molar-refractivity contribution < 1.29 is 26.8 Å². The fourth-order valence-corrected chi connectivity index (χ4v) is 1.77. The Morgan fingerprint density at radius 3 is 1.91 bits per heavy atom. The summed E-state index contributed by atoms with van der Waals surface area (Å²) in [6.07, 6.45) is 3.30. The van der Waals surface area contributed by atoms with Crippen molar-refractivity contribution in [3.05, 3.63) is 70.0 Å². The molecular weight excluding hydrogens is 317 g/mol. The summed E-state index contributed by atoms with van der Waals surface area (Å²) < 4.78 is 65.6. The molecule has 2 aromatic carbocycles. The van der Waals surface area contributed by atoms with Gasteiger partial charge in [-0.15, -0.1) is 0 Å². The minimum atomic E-state index is -2.21. The van der Waals surface area contributed by atoms with Crippen molar-refractivity contribution in [3.63, 3.8) is 0 Å². The Kier molecular flexibility index (Phi) is 5.31. The average Bonchev–Trinajstić information content (AvgIpc) is 2.58. The lowest BCUT2D eigenvalue weighted by molar-refractivity contribution is 0.124. The minimum Gasteiger partial charge on any atom is -0.390 e. The van der Waals surface area contributed by atoms with Crippen molar-refractivity contribution >= 4 is 6.21 Å². The summed E-state index contributed by atoms with van der Waals surface area (Å²) >= 11 is 0. The third-order valence-corrected chi connectivity index (χ3v) is 3.11. The molecule has 2 rings (SSSR count). The van der Waals surface area contributed by atoms with Gasteiger partial charge in [0, 0.05) is 5.56 Å². The van der Waals surface area contributed by atoms with Crippen LogP contribution in [0.5, 0.6) is 0 Å². The van der Waals surface area contributed by atoms with Crippen LogP contribution in [-0.2, 0) is 17.9 Å². The molecule has 7 heteroatoms. The Morgan fingerprint density at radius 1 is 0.870 bits per heavy atom. The minimum absolute atomic E-state index is 0.541. The van der Waals surface area contributed by atoms with Crippen LogP contribution in [0, 0.1) is 29.1 Å². The lowest BCUT2D eigenvalue weighted by Gasteiger charge is -2.06. The van der Waals surface area contributed by atoms with Crippen LogP contribution in [-0.4, -0.2) is 6.21 Å². The molecule has 2 aromatic rings. The van der Waals surface area contributed by atoms with E-state index < -0.39 is 41.3 Å². The fraction of sp³-hybridized carbons (Fsp3) is 0.188. The molecule has 0 unspecified atom stereocenters. The highest BCUT2D eigenvalue weighted by atomic mass is 19.2. The van der Waals surface area contributed by atoms with Gasteiger partial charge in [0.2, 0.25) is 5.82 Å². The molecule has 0 bridgehead atoms. The maximum absolute atomic E-state index is 13.4. The van der Waals surface area contributed by atoms with Gasteiger partial charge in [-0.25, -0.2) is 22.0 Å². The molecule has 1 radical (unpaired) electrons. The van der Waals surface area contributed by atoms with E-state index >= 15 is 0 Å². The summed E-state index contributed by atoms with van der Waals surface area (Å²) in [4.78, 5) is 4.57. The molecular formula is C16H11F5NO. The number of nitrogens with zero attached hydrogens (tertiary/aromatic N) is 1. The lowest BCUT2D eigenvalue weighted by atomic mass is 10.1. The Labute approximate surface area is 129 Å². The molecule has 0 saturated carbocycles. The van der Waals surface area contributed by atoms with Crippen LogP contribution < -0.4 is 0 Å². The van der Waals surface area contributed by atoms with Gasteiger partial charge in [-0.05, 0) is 12.0 Å². The molecule has 0 heterocycles. The number of halogens is 5. The summed E-state index contributed by atoms with van der Waals surface area (Å²) in [6.45, 7) is 1.08. The molecule has 0 amide bonds. The second kappa shape index (κ2) is 7.21. The van der Waals surface area contributed by atoms with E-state index in [1.165, 1.54) is 0 Å². The number of hydrogen-bond acceptors (Lipinski definition) is 2. The van der Waals surface area contributed by atoms with E-state index in [2.05, 4.69) is 16.2 Å². The normalized spacial score (nSPS) is 11.2. The standard InChI is InChI=1S/C16H11F5NO/c1-2-9-3-5-10(6-4-9)7-22-23-8-11-12(17)14(19)16(21)15(20)13(11)18/h3-6H,2,8H2,1H3. The quantitative estimate of drug-likeness (QED) is 0.263. The van der Waals surface area contributed by atoms with Gasteiger partial charge in [0.15, 0.2) is 23.3 Å². The number of rotatable bonds is 5. The Balaban J connectivity index is 2.08. The van der Waals surface area contributed by atoms with Crippen LogP contribution in [0.4, 0.5) is 22.0 Å². The third-order valence-electron chi connectivity index (χ3n) is 3.11. The number of aryl methyl sites for hydroxylation is 1. The van der Waals surface area contributed by atoms with E-state index in [0.29, 0.717) is 5.56 Å². The van der Waals surface area contributed by atoms with Crippen LogP contribution in [0.15, 0.2) is 29.4 Å². The molecule has 0 aliphatic rings. The predicted octanol–water partition coefficient (Wildman–Crippen LogP) is 4.37. The highest BCUT2D eigenvalue weighted by molar-refractivity contribution is 5.79. The van der Waals surface area contributed by atoms with Crippen LogP contribution in [0.2, 0.25) is 0 Å². The molecule has 0 aromatic heterocycles. The van der Waals surface area contributed by atoms with Gasteiger partial charge in [0.25, 0.3) is 0 Å². The molecule has 23 heavy (non-hydrogen) atoms. The first-order valence-electron chi connectivity index (χ1n) is 6.63. The average molecular weight is 328 g/mol. The molecule has 0 fully saturated rings. The van der Waals surface area contributed by atoms with Gasteiger partial charge < -0.3 is 4.84 Å². The third kappa shape index (κ3) is 3.67. The molecule has 0 saturated heterocycles. The maximum Gasteiger partial charge on any atom is 0.200 e. The molecule has 2 nitrogen and oxygen atoms in total. The summed E-state index contributed by atoms with van der Waals surface area (Å²) in [5.74, 6) is -10.1. The van der Waals surface area contributed by atoms with E-state index in [1.807, 2.05) is 19.1 Å². The molecule has 0 aliphatic carbocycles. The fourth-order valence-electron chi connectivity index (χ4n) is 1.77. The molecule has 0 spiro atoms. The van der Waals surface area contributed by atoms with Gasteiger partial charge in [-0.2, -0.15) is 0 Å². The van der Waals surface area contributed by atoms with Crippen LogP contribution in [0.25, 0.3) is 0 Å². The summed E-state index contributed by atoms with van der Waals surface area (Å²) in [6, 6.07) is 7.07. The first-order chi connectivity index (χ1) is 11.0. The molecule has 121 valence electrons. The molecule has 0 N–H and O–H groups in total. The van der Waals surface area contributed by atoms with E-state index in [9.17, 15) is 22.0 Å². The summed E-state index contributed by atoms with van der Waals surface area (Å²) in [5.41, 5.74) is 0.547. The second-order valence-corrected chi connectivity index (χ2v) is 4.58. The molecule has 0 atom stereocenters. The highest BCUT2D eigenvalue weighted by Crippen LogP contribution is 2.23. The van der Waals surface area contributed by atoms with Crippen LogP contribution in [0.3, 0.4) is 0 Å². The lowest BCUT2D eigenvalue weighted by Crippen LogP contribution is -2.07. The first-order valence-corrected chi connectivity index (χ1v) is 6.63. The summed E-state index contributed by atoms with van der Waals surface area (Å²) in [7, 11) is 0. The van der Waals surface area contributed by atoms with E-state index in [1.54, 1.807) is 12.1 Å². The van der Waals surface area contributed by atoms with Crippen molar-refractivity contribution in [3.8, 4) is 0 Å². The van der Waals surface area contributed by atoms with Crippen LogP contribution >= 0.6 is 0 Å². The van der Waals surface area contributed by atoms with Gasteiger partial charge in [-0.3, -0.25) is 0 Å². The maximum atomic E-state index is 13.4. The van der Waals surface area contributed by atoms with Crippen molar-refractivity contribution in [1.29, 1.82) is 0 Å². The zero-order chi connectivity index (χ0) is 17.0. The zero-order valence-corrected chi connectivity index (χ0v) is 12.0. The highest BCUT2D eigenvalue weighted by Gasteiger charge is 2.25. The second-order valence-electron chi connectivity index (χ2n) is 4.58. The van der Waals surface area contributed by atoms with Crippen molar-refractivity contribution in [2.75, 3.05) is 0 Å². The SMILES string of the molecule is CCc1ccc(/[C]=N\OCc2c(F)c(F)c(F)c(F)c2F)cc1. The van der Waals surface area contributed by atoms with E-state index in [4.69, 9.17) is 0 Å². The van der Waals surface area contributed by atoms with Gasteiger partial charge >= 0.3 is 0 Å². The van der Waals surface area contributed by atoms with E-state index in [-0.39, 0.29) is 0 Å². The van der Waals surface area contributed by atoms with Crippen molar-refractivity contribution in [2.24, 2.45) is 5.16 Å². The van der Waals surface area contributed by atoms with Gasteiger partial charge in [0.1, 0.15) is 12.8 Å². The number of hydrogen-bond donors (Lipinski definition) is 0. The van der Waals surface area contributed by atoms with Gasteiger partial charge in [-0.1, -0.05) is 36.3 Å². The first kappa shape index (κ1) is 16.9.